The topological polar surface area (TPSA) is 68.3 Å². The van der Waals surface area contributed by atoms with Crippen molar-refractivity contribution in [3.8, 4) is 17.2 Å². The second kappa shape index (κ2) is 11.3. The van der Waals surface area contributed by atoms with Crippen molar-refractivity contribution in [1.29, 1.82) is 0 Å². The van der Waals surface area contributed by atoms with Crippen LogP contribution in [0, 0.1) is 6.92 Å². The molecule has 2 heterocycles. The van der Waals surface area contributed by atoms with Crippen molar-refractivity contribution in [1.82, 2.24) is 9.80 Å². The molecule has 0 fully saturated rings. The Labute approximate surface area is 209 Å². The molecule has 4 rings (SSSR count). The van der Waals surface area contributed by atoms with Crippen LogP contribution in [0.15, 0.2) is 53.9 Å². The van der Waals surface area contributed by atoms with Gasteiger partial charge in [0.05, 0.1) is 13.7 Å². The third-order valence-corrected chi connectivity index (χ3v) is 6.92. The lowest BCUT2D eigenvalue weighted by atomic mass is 10.1. The van der Waals surface area contributed by atoms with Gasteiger partial charge in [-0.1, -0.05) is 13.0 Å². The number of fused-ring (bicyclic) bond motifs is 1. The molecular formula is C27H30N2O5S. The molecule has 0 unspecified atom stereocenters. The van der Waals surface area contributed by atoms with Crippen molar-refractivity contribution in [2.45, 2.75) is 33.4 Å². The van der Waals surface area contributed by atoms with Gasteiger partial charge in [0, 0.05) is 23.5 Å². The Bertz CT molecular complexity index is 1170. The van der Waals surface area contributed by atoms with Gasteiger partial charge in [-0.3, -0.25) is 9.59 Å². The predicted octanol–water partition coefficient (Wildman–Crippen LogP) is 4.88. The van der Waals surface area contributed by atoms with E-state index in [0.29, 0.717) is 42.4 Å². The van der Waals surface area contributed by atoms with E-state index in [2.05, 4.69) is 6.07 Å². The summed E-state index contributed by atoms with van der Waals surface area (Å²) in [5.41, 5.74) is 2.63. The zero-order valence-corrected chi connectivity index (χ0v) is 21.1. The minimum atomic E-state index is -0.168. The number of hydrogen-bond donors (Lipinski definition) is 0. The smallest absolute Gasteiger partial charge is 0.254 e. The standard InChI is InChI=1S/C27H30N2O5S/c1-4-12-28(27(31)21-6-8-22(32-3)9-7-21)17-26(30)29(16-25-19(2)11-13-35-25)15-20-5-10-23-24(14-20)34-18-33-23/h5-11,13-14H,4,12,15-18H2,1-3H3. The first-order chi connectivity index (χ1) is 17.0. The molecule has 1 aromatic heterocycles. The summed E-state index contributed by atoms with van der Waals surface area (Å²) in [6.45, 7) is 5.64. The normalized spacial score (nSPS) is 11.9. The fraction of sp³-hybridized carbons (Fsp3) is 0.333. The highest BCUT2D eigenvalue weighted by atomic mass is 32.1. The molecule has 0 N–H and O–H groups in total. The fourth-order valence-corrected chi connectivity index (χ4v) is 4.85. The maximum absolute atomic E-state index is 13.6. The SMILES string of the molecule is CCCN(CC(=O)N(Cc1ccc2c(c1)OCO2)Cc1sccc1C)C(=O)c1ccc(OC)cc1. The molecule has 1 aliphatic rings. The molecule has 0 aliphatic carbocycles. The Kier molecular flexibility index (Phi) is 7.92. The Balaban J connectivity index is 1.54. The summed E-state index contributed by atoms with van der Waals surface area (Å²) < 4.78 is 16.1. The molecule has 7 nitrogen and oxygen atoms in total. The van der Waals surface area contributed by atoms with Gasteiger partial charge in [0.25, 0.3) is 5.91 Å². The quantitative estimate of drug-likeness (QED) is 0.402. The third-order valence-electron chi connectivity index (χ3n) is 5.91. The number of benzene rings is 2. The van der Waals surface area contributed by atoms with Crippen molar-refractivity contribution in [2.75, 3.05) is 27.0 Å². The van der Waals surface area contributed by atoms with Gasteiger partial charge in [0.2, 0.25) is 12.7 Å². The van der Waals surface area contributed by atoms with Crippen molar-refractivity contribution in [3.05, 3.63) is 75.5 Å². The number of rotatable bonds is 10. The first-order valence-corrected chi connectivity index (χ1v) is 12.5. The molecule has 0 spiro atoms. The van der Waals surface area contributed by atoms with Crippen LogP contribution in [0.25, 0.3) is 0 Å². The van der Waals surface area contributed by atoms with Gasteiger partial charge >= 0.3 is 0 Å². The van der Waals surface area contributed by atoms with E-state index in [4.69, 9.17) is 14.2 Å². The molecule has 0 radical (unpaired) electrons. The lowest BCUT2D eigenvalue weighted by Gasteiger charge is -2.28. The van der Waals surface area contributed by atoms with E-state index in [1.807, 2.05) is 37.4 Å². The number of carbonyl (C=O) groups excluding carboxylic acids is 2. The van der Waals surface area contributed by atoms with E-state index < -0.39 is 0 Å². The molecule has 2 amide bonds. The highest BCUT2D eigenvalue weighted by molar-refractivity contribution is 7.10. The number of methoxy groups -OCH3 is 1. The van der Waals surface area contributed by atoms with Crippen LogP contribution >= 0.6 is 11.3 Å². The van der Waals surface area contributed by atoms with Crippen LogP contribution in [0.3, 0.4) is 0 Å². The molecule has 0 saturated heterocycles. The first-order valence-electron chi connectivity index (χ1n) is 11.6. The number of amides is 2. The summed E-state index contributed by atoms with van der Waals surface area (Å²) in [5.74, 6) is 1.80. The Hall–Kier alpha value is -3.52. The van der Waals surface area contributed by atoms with Gasteiger partial charge < -0.3 is 24.0 Å². The molecule has 2 aromatic carbocycles. The molecule has 0 atom stereocenters. The number of hydrogen-bond acceptors (Lipinski definition) is 6. The molecule has 35 heavy (non-hydrogen) atoms. The largest absolute Gasteiger partial charge is 0.497 e. The zero-order chi connectivity index (χ0) is 24.8. The van der Waals surface area contributed by atoms with Gasteiger partial charge in [-0.05, 0) is 72.3 Å². The summed E-state index contributed by atoms with van der Waals surface area (Å²) in [6.07, 6.45) is 0.751. The van der Waals surface area contributed by atoms with Gasteiger partial charge in [-0.2, -0.15) is 0 Å². The van der Waals surface area contributed by atoms with E-state index >= 15 is 0 Å². The maximum atomic E-state index is 13.6. The number of carbonyl (C=O) groups is 2. The van der Waals surface area contributed by atoms with Crippen LogP contribution < -0.4 is 14.2 Å². The van der Waals surface area contributed by atoms with E-state index in [0.717, 1.165) is 22.4 Å². The molecule has 0 saturated carbocycles. The first kappa shape index (κ1) is 24.6. The van der Waals surface area contributed by atoms with Crippen LogP contribution in [0.2, 0.25) is 0 Å². The maximum Gasteiger partial charge on any atom is 0.254 e. The van der Waals surface area contributed by atoms with Gasteiger partial charge in [0.1, 0.15) is 12.3 Å². The van der Waals surface area contributed by atoms with Crippen LogP contribution in [0.5, 0.6) is 17.2 Å². The predicted molar refractivity (Wildman–Crippen MR) is 135 cm³/mol. The highest BCUT2D eigenvalue weighted by Crippen LogP contribution is 2.33. The monoisotopic (exact) mass is 494 g/mol. The lowest BCUT2D eigenvalue weighted by Crippen LogP contribution is -2.42. The molecule has 0 bridgehead atoms. The number of ether oxygens (including phenoxy) is 3. The minimum absolute atomic E-state index is 0.00762. The summed E-state index contributed by atoms with van der Waals surface area (Å²) in [4.78, 5) is 31.4. The molecule has 1 aliphatic heterocycles. The number of nitrogens with zero attached hydrogens (tertiary/aromatic N) is 2. The second-order valence-electron chi connectivity index (χ2n) is 8.42. The molecule has 3 aromatic rings. The van der Waals surface area contributed by atoms with Crippen LogP contribution in [0.1, 0.15) is 39.7 Å². The van der Waals surface area contributed by atoms with E-state index in [1.165, 1.54) is 0 Å². The van der Waals surface area contributed by atoms with Crippen molar-refractivity contribution in [3.63, 3.8) is 0 Å². The summed E-state index contributed by atoms with van der Waals surface area (Å²) >= 11 is 1.63. The highest BCUT2D eigenvalue weighted by Gasteiger charge is 2.24. The van der Waals surface area contributed by atoms with Gasteiger partial charge in [-0.15, -0.1) is 11.3 Å². The number of aryl methyl sites for hydroxylation is 1. The lowest BCUT2D eigenvalue weighted by molar-refractivity contribution is -0.133. The summed E-state index contributed by atoms with van der Waals surface area (Å²) in [7, 11) is 1.59. The van der Waals surface area contributed by atoms with Crippen LogP contribution in [-0.4, -0.2) is 48.6 Å². The summed E-state index contributed by atoms with van der Waals surface area (Å²) in [5, 5.41) is 2.03. The molecule has 184 valence electrons. The van der Waals surface area contributed by atoms with E-state index in [-0.39, 0.29) is 25.2 Å². The van der Waals surface area contributed by atoms with Gasteiger partial charge in [0.15, 0.2) is 11.5 Å². The molecule has 8 heteroatoms. The van der Waals surface area contributed by atoms with Gasteiger partial charge in [-0.25, -0.2) is 0 Å². The summed E-state index contributed by atoms with van der Waals surface area (Å²) in [6, 6.07) is 14.8. The second-order valence-corrected chi connectivity index (χ2v) is 9.42. The molecular weight excluding hydrogens is 464 g/mol. The Morgan fingerprint density at radius 1 is 1.00 bits per heavy atom. The van der Waals surface area contributed by atoms with Crippen molar-refractivity contribution < 1.29 is 23.8 Å². The fourth-order valence-electron chi connectivity index (χ4n) is 3.93. The minimum Gasteiger partial charge on any atom is -0.497 e. The third kappa shape index (κ3) is 5.95. The number of thiophene rings is 1. The Morgan fingerprint density at radius 3 is 2.46 bits per heavy atom. The zero-order valence-electron chi connectivity index (χ0n) is 20.3. The van der Waals surface area contributed by atoms with Crippen molar-refractivity contribution >= 4 is 23.2 Å². The average Bonchev–Trinajstić information content (AvgIpc) is 3.51. The van der Waals surface area contributed by atoms with Crippen LogP contribution in [-0.2, 0) is 17.9 Å². The average molecular weight is 495 g/mol. The Morgan fingerprint density at radius 2 is 1.77 bits per heavy atom. The van der Waals surface area contributed by atoms with Crippen LogP contribution in [0.4, 0.5) is 0 Å². The van der Waals surface area contributed by atoms with Crippen molar-refractivity contribution in [2.24, 2.45) is 0 Å². The van der Waals surface area contributed by atoms with E-state index in [1.54, 1.807) is 52.5 Å². The van der Waals surface area contributed by atoms with E-state index in [9.17, 15) is 9.59 Å².